The van der Waals surface area contributed by atoms with E-state index in [-0.39, 0.29) is 12.5 Å². The molecule has 0 aliphatic carbocycles. The lowest BCUT2D eigenvalue weighted by atomic mass is 10.0. The lowest BCUT2D eigenvalue weighted by Crippen LogP contribution is -2.26. The molecular formula is C19H23NO4. The molecule has 2 rings (SSSR count). The number of aliphatic carboxylic acids is 1. The van der Waals surface area contributed by atoms with Crippen LogP contribution in [0.3, 0.4) is 0 Å². The Kier molecular flexibility index (Phi) is 6.78. The van der Waals surface area contributed by atoms with Gasteiger partial charge in [-0.3, -0.25) is 4.79 Å². The van der Waals surface area contributed by atoms with E-state index in [1.807, 2.05) is 54.6 Å². The van der Waals surface area contributed by atoms with Crippen molar-refractivity contribution in [3.63, 3.8) is 0 Å². The van der Waals surface area contributed by atoms with Gasteiger partial charge in [0.05, 0.1) is 19.6 Å². The van der Waals surface area contributed by atoms with E-state index in [0.29, 0.717) is 13.0 Å². The molecule has 2 atom stereocenters. The topological polar surface area (TPSA) is 78.8 Å². The number of ether oxygens (including phenoxy) is 1. The van der Waals surface area contributed by atoms with E-state index >= 15 is 0 Å². The summed E-state index contributed by atoms with van der Waals surface area (Å²) in [5.74, 6) is -0.110. The maximum absolute atomic E-state index is 11.1. The average molecular weight is 329 g/mol. The molecule has 0 bridgehead atoms. The number of carboxylic acid groups (broad SMARTS) is 1. The van der Waals surface area contributed by atoms with Crippen molar-refractivity contribution in [3.8, 4) is 5.75 Å². The zero-order valence-electron chi connectivity index (χ0n) is 13.7. The van der Waals surface area contributed by atoms with E-state index < -0.39 is 12.1 Å². The van der Waals surface area contributed by atoms with Crippen molar-refractivity contribution in [2.45, 2.75) is 25.0 Å². The van der Waals surface area contributed by atoms with Gasteiger partial charge >= 0.3 is 5.97 Å². The fraction of sp³-hybridized carbons (Fsp3) is 0.316. The molecule has 5 heteroatoms. The maximum atomic E-state index is 11.1. The first kappa shape index (κ1) is 18.0. The molecule has 0 aliphatic rings. The second kappa shape index (κ2) is 9.05. The van der Waals surface area contributed by atoms with E-state index in [9.17, 15) is 9.90 Å². The van der Waals surface area contributed by atoms with E-state index in [1.165, 1.54) is 0 Å². The SMILES string of the molecule is COc1ccc(C(O)CCNC(CC(=O)O)c2ccccc2)cc1. The molecule has 2 aromatic carbocycles. The number of methoxy groups -OCH3 is 1. The van der Waals surface area contributed by atoms with E-state index in [2.05, 4.69) is 5.32 Å². The lowest BCUT2D eigenvalue weighted by molar-refractivity contribution is -0.137. The predicted molar refractivity (Wildman–Crippen MR) is 92.0 cm³/mol. The molecule has 0 saturated heterocycles. The quantitative estimate of drug-likeness (QED) is 0.659. The molecule has 0 amide bonds. The van der Waals surface area contributed by atoms with E-state index in [4.69, 9.17) is 9.84 Å². The normalized spacial score (nSPS) is 13.2. The molecule has 24 heavy (non-hydrogen) atoms. The number of aliphatic hydroxyl groups is 1. The van der Waals surface area contributed by atoms with Crippen LogP contribution in [0.1, 0.15) is 36.1 Å². The summed E-state index contributed by atoms with van der Waals surface area (Å²) in [6, 6.07) is 16.5. The molecule has 5 nitrogen and oxygen atoms in total. The number of aliphatic hydroxyl groups excluding tert-OH is 1. The first-order valence-electron chi connectivity index (χ1n) is 7.92. The third-order valence-corrected chi connectivity index (χ3v) is 3.89. The van der Waals surface area contributed by atoms with E-state index in [0.717, 1.165) is 16.9 Å². The molecule has 128 valence electrons. The zero-order chi connectivity index (χ0) is 17.4. The molecule has 0 radical (unpaired) electrons. The second-order valence-electron chi connectivity index (χ2n) is 5.59. The summed E-state index contributed by atoms with van der Waals surface area (Å²) in [5, 5.41) is 22.6. The molecule has 2 aromatic rings. The van der Waals surface area contributed by atoms with Gasteiger partial charge in [0.25, 0.3) is 0 Å². The Morgan fingerprint density at radius 2 is 1.75 bits per heavy atom. The Bertz CT molecular complexity index is 628. The van der Waals surface area contributed by atoms with Crippen LogP contribution in [0.4, 0.5) is 0 Å². The van der Waals surface area contributed by atoms with Gasteiger partial charge in [-0.1, -0.05) is 42.5 Å². The smallest absolute Gasteiger partial charge is 0.305 e. The van der Waals surface area contributed by atoms with Gasteiger partial charge in [-0.25, -0.2) is 0 Å². The molecule has 0 aliphatic heterocycles. The molecule has 0 fully saturated rings. The first-order chi connectivity index (χ1) is 11.6. The summed E-state index contributed by atoms with van der Waals surface area (Å²) in [4.78, 5) is 11.1. The van der Waals surface area contributed by atoms with Crippen molar-refractivity contribution in [3.05, 3.63) is 65.7 Å². The highest BCUT2D eigenvalue weighted by molar-refractivity contribution is 5.67. The Labute approximate surface area is 141 Å². The molecule has 0 spiro atoms. The van der Waals surface area contributed by atoms with Crippen LogP contribution >= 0.6 is 0 Å². The number of nitrogens with one attached hydrogen (secondary N) is 1. The van der Waals surface area contributed by atoms with Crippen LogP contribution in [-0.2, 0) is 4.79 Å². The summed E-state index contributed by atoms with van der Waals surface area (Å²) in [6.07, 6.45) is -0.109. The van der Waals surface area contributed by atoms with Gasteiger partial charge in [-0.15, -0.1) is 0 Å². The number of carbonyl (C=O) groups is 1. The van der Waals surface area contributed by atoms with Gasteiger partial charge in [-0.05, 0) is 36.2 Å². The van der Waals surface area contributed by atoms with Crippen molar-refractivity contribution in [2.75, 3.05) is 13.7 Å². The highest BCUT2D eigenvalue weighted by atomic mass is 16.5. The van der Waals surface area contributed by atoms with Crippen molar-refractivity contribution >= 4 is 5.97 Å². The number of rotatable bonds is 9. The van der Waals surface area contributed by atoms with Gasteiger partial charge in [0.1, 0.15) is 5.75 Å². The minimum atomic E-state index is -0.855. The van der Waals surface area contributed by atoms with Gasteiger partial charge in [0.15, 0.2) is 0 Å². The van der Waals surface area contributed by atoms with Crippen LogP contribution in [0, 0.1) is 0 Å². The van der Waals surface area contributed by atoms with Crippen LogP contribution in [-0.4, -0.2) is 29.8 Å². The standard InChI is InChI=1S/C19H23NO4/c1-24-16-9-7-15(8-10-16)18(21)11-12-20-17(13-19(22)23)14-5-3-2-4-6-14/h2-10,17-18,20-21H,11-13H2,1H3,(H,22,23). The summed E-state index contributed by atoms with van der Waals surface area (Å²) < 4.78 is 5.10. The molecule has 0 aromatic heterocycles. The largest absolute Gasteiger partial charge is 0.497 e. The van der Waals surface area contributed by atoms with Crippen LogP contribution in [0.15, 0.2) is 54.6 Å². The fourth-order valence-electron chi connectivity index (χ4n) is 2.55. The third kappa shape index (κ3) is 5.37. The van der Waals surface area contributed by atoms with Crippen molar-refractivity contribution in [1.29, 1.82) is 0 Å². The number of benzene rings is 2. The Morgan fingerprint density at radius 3 is 2.33 bits per heavy atom. The summed E-state index contributed by atoms with van der Waals surface area (Å²) in [7, 11) is 1.60. The molecule has 0 saturated carbocycles. The van der Waals surface area contributed by atoms with Gasteiger partial charge in [-0.2, -0.15) is 0 Å². The third-order valence-electron chi connectivity index (χ3n) is 3.89. The Balaban J connectivity index is 1.90. The van der Waals surface area contributed by atoms with Gasteiger partial charge < -0.3 is 20.3 Å². The summed E-state index contributed by atoms with van der Waals surface area (Å²) >= 11 is 0. The minimum absolute atomic E-state index is 0.00262. The average Bonchev–Trinajstić information content (AvgIpc) is 2.61. The fourth-order valence-corrected chi connectivity index (χ4v) is 2.55. The van der Waals surface area contributed by atoms with Crippen LogP contribution < -0.4 is 10.1 Å². The molecular weight excluding hydrogens is 306 g/mol. The Morgan fingerprint density at radius 1 is 1.08 bits per heavy atom. The van der Waals surface area contributed by atoms with Crippen molar-refractivity contribution < 1.29 is 19.7 Å². The maximum Gasteiger partial charge on any atom is 0.305 e. The van der Waals surface area contributed by atoms with Gasteiger partial charge in [0.2, 0.25) is 0 Å². The van der Waals surface area contributed by atoms with E-state index in [1.54, 1.807) is 7.11 Å². The van der Waals surface area contributed by atoms with Crippen molar-refractivity contribution in [2.24, 2.45) is 0 Å². The van der Waals surface area contributed by atoms with Crippen LogP contribution in [0.2, 0.25) is 0 Å². The zero-order valence-corrected chi connectivity index (χ0v) is 13.7. The molecule has 2 unspecified atom stereocenters. The lowest BCUT2D eigenvalue weighted by Gasteiger charge is -2.19. The number of hydrogen-bond acceptors (Lipinski definition) is 4. The highest BCUT2D eigenvalue weighted by Gasteiger charge is 2.15. The monoisotopic (exact) mass is 329 g/mol. The highest BCUT2D eigenvalue weighted by Crippen LogP contribution is 2.21. The Hall–Kier alpha value is -2.37. The van der Waals surface area contributed by atoms with Crippen LogP contribution in [0.5, 0.6) is 5.75 Å². The molecule has 0 heterocycles. The summed E-state index contributed by atoms with van der Waals surface area (Å²) in [6.45, 7) is 0.514. The summed E-state index contributed by atoms with van der Waals surface area (Å²) in [5.41, 5.74) is 1.74. The first-order valence-corrected chi connectivity index (χ1v) is 7.92. The van der Waals surface area contributed by atoms with Gasteiger partial charge in [0, 0.05) is 6.04 Å². The van der Waals surface area contributed by atoms with Crippen molar-refractivity contribution in [1.82, 2.24) is 5.32 Å². The van der Waals surface area contributed by atoms with Crippen LogP contribution in [0.25, 0.3) is 0 Å². The minimum Gasteiger partial charge on any atom is -0.497 e. The number of hydrogen-bond donors (Lipinski definition) is 3. The molecule has 3 N–H and O–H groups in total. The number of carboxylic acids is 1. The second-order valence-corrected chi connectivity index (χ2v) is 5.59. The predicted octanol–water partition coefficient (Wildman–Crippen LogP) is 2.92.